The van der Waals surface area contributed by atoms with E-state index in [0.29, 0.717) is 0 Å². The van der Waals surface area contributed by atoms with E-state index in [1.165, 1.54) is 24.1 Å². The number of rotatable bonds is 4. The highest BCUT2D eigenvalue weighted by molar-refractivity contribution is 7.19. The molecule has 4 nitrogen and oxygen atoms in total. The van der Waals surface area contributed by atoms with Crippen molar-refractivity contribution in [3.8, 4) is 27.4 Å². The minimum absolute atomic E-state index is 0.859. The van der Waals surface area contributed by atoms with E-state index in [1.54, 1.807) is 18.4 Å². The molecule has 0 atom stereocenters. The summed E-state index contributed by atoms with van der Waals surface area (Å²) in [6, 6.07) is 12.2. The fourth-order valence-electron chi connectivity index (χ4n) is 3.17. The molecule has 25 heavy (non-hydrogen) atoms. The number of hydrogen-bond acceptors (Lipinski definition) is 5. The molecular weight excluding hydrogens is 330 g/mol. The van der Waals surface area contributed by atoms with Crippen LogP contribution in [0.15, 0.2) is 48.8 Å². The Kier molecular flexibility index (Phi) is 4.65. The van der Waals surface area contributed by atoms with Crippen molar-refractivity contribution in [3.05, 3.63) is 48.8 Å². The Morgan fingerprint density at radius 3 is 2.48 bits per heavy atom. The van der Waals surface area contributed by atoms with E-state index < -0.39 is 0 Å². The van der Waals surface area contributed by atoms with Crippen molar-refractivity contribution in [1.29, 1.82) is 0 Å². The molecule has 0 aliphatic carbocycles. The topological polar surface area (TPSA) is 38.2 Å². The molecule has 1 fully saturated rings. The monoisotopic (exact) mass is 351 g/mol. The van der Waals surface area contributed by atoms with E-state index >= 15 is 0 Å². The molecule has 4 rings (SSSR count). The molecular formula is C20H21N3OS. The second kappa shape index (κ2) is 7.23. The van der Waals surface area contributed by atoms with Gasteiger partial charge in [0.25, 0.3) is 0 Å². The minimum Gasteiger partial charge on any atom is -0.497 e. The van der Waals surface area contributed by atoms with Crippen molar-refractivity contribution in [2.75, 3.05) is 25.1 Å². The normalized spacial score (nSPS) is 14.5. The highest BCUT2D eigenvalue weighted by atomic mass is 32.1. The van der Waals surface area contributed by atoms with E-state index in [2.05, 4.69) is 28.1 Å². The van der Waals surface area contributed by atoms with Gasteiger partial charge in [0.05, 0.1) is 17.7 Å². The van der Waals surface area contributed by atoms with Crippen molar-refractivity contribution in [1.82, 2.24) is 9.97 Å². The van der Waals surface area contributed by atoms with E-state index in [9.17, 15) is 0 Å². The number of nitrogens with zero attached hydrogens (tertiary/aromatic N) is 3. The van der Waals surface area contributed by atoms with Crippen LogP contribution in [0.5, 0.6) is 5.75 Å². The van der Waals surface area contributed by atoms with Gasteiger partial charge < -0.3 is 9.64 Å². The number of aromatic nitrogens is 2. The average molecular weight is 351 g/mol. The van der Waals surface area contributed by atoms with Crippen molar-refractivity contribution >= 4 is 16.5 Å². The first kappa shape index (κ1) is 16.1. The Bertz CT molecular complexity index is 824. The summed E-state index contributed by atoms with van der Waals surface area (Å²) in [6.45, 7) is 2.20. The molecule has 0 spiro atoms. The van der Waals surface area contributed by atoms with Gasteiger partial charge in [-0.15, -0.1) is 0 Å². The van der Waals surface area contributed by atoms with Gasteiger partial charge in [-0.2, -0.15) is 0 Å². The van der Waals surface area contributed by atoms with E-state index in [1.807, 2.05) is 30.6 Å². The van der Waals surface area contributed by atoms with Gasteiger partial charge in [0, 0.05) is 36.6 Å². The standard InChI is InChI=1S/C20H21N3OS/c1-24-17-9-7-15(8-10-17)18-19(16-6-5-11-21-14-16)25-20(22-18)23-12-3-2-4-13-23/h5-11,14H,2-4,12-13H2,1H3. The fourth-order valence-corrected chi connectivity index (χ4v) is 4.30. The molecule has 0 saturated carbocycles. The smallest absolute Gasteiger partial charge is 0.186 e. The summed E-state index contributed by atoms with van der Waals surface area (Å²) in [5, 5.41) is 1.12. The molecule has 1 aromatic carbocycles. The number of hydrogen-bond donors (Lipinski definition) is 0. The Morgan fingerprint density at radius 1 is 1.00 bits per heavy atom. The second-order valence-corrected chi connectivity index (χ2v) is 7.17. The lowest BCUT2D eigenvalue weighted by Gasteiger charge is -2.25. The van der Waals surface area contributed by atoms with Crippen LogP contribution in [0, 0.1) is 0 Å². The predicted molar refractivity (Wildman–Crippen MR) is 103 cm³/mol. The largest absolute Gasteiger partial charge is 0.497 e. The molecule has 5 heteroatoms. The summed E-state index contributed by atoms with van der Waals surface area (Å²) >= 11 is 1.77. The molecule has 3 heterocycles. The lowest BCUT2D eigenvalue weighted by atomic mass is 10.1. The molecule has 0 bridgehead atoms. The maximum Gasteiger partial charge on any atom is 0.186 e. The van der Waals surface area contributed by atoms with Gasteiger partial charge in [0.1, 0.15) is 5.75 Å². The van der Waals surface area contributed by atoms with Crippen LogP contribution in [-0.2, 0) is 0 Å². The van der Waals surface area contributed by atoms with Gasteiger partial charge in [-0.1, -0.05) is 17.4 Å². The number of methoxy groups -OCH3 is 1. The lowest BCUT2D eigenvalue weighted by molar-refractivity contribution is 0.415. The third-order valence-corrected chi connectivity index (χ3v) is 5.69. The molecule has 0 N–H and O–H groups in total. The quantitative estimate of drug-likeness (QED) is 0.672. The first-order valence-corrected chi connectivity index (χ1v) is 9.47. The van der Waals surface area contributed by atoms with Gasteiger partial charge in [-0.05, 0) is 49.6 Å². The molecule has 2 aromatic heterocycles. The van der Waals surface area contributed by atoms with E-state index in [4.69, 9.17) is 9.72 Å². The highest BCUT2D eigenvalue weighted by Crippen LogP contribution is 2.41. The zero-order valence-corrected chi connectivity index (χ0v) is 15.1. The number of anilines is 1. The number of benzene rings is 1. The zero-order valence-electron chi connectivity index (χ0n) is 14.3. The van der Waals surface area contributed by atoms with Crippen LogP contribution in [0.1, 0.15) is 19.3 Å². The first-order valence-electron chi connectivity index (χ1n) is 8.66. The molecule has 0 radical (unpaired) electrons. The van der Waals surface area contributed by atoms with Crippen LogP contribution >= 0.6 is 11.3 Å². The van der Waals surface area contributed by atoms with Crippen molar-refractivity contribution in [2.45, 2.75) is 19.3 Å². The van der Waals surface area contributed by atoms with Crippen molar-refractivity contribution in [2.24, 2.45) is 0 Å². The predicted octanol–water partition coefficient (Wildman–Crippen LogP) is 4.87. The Morgan fingerprint density at radius 2 is 1.80 bits per heavy atom. The van der Waals surface area contributed by atoms with Gasteiger partial charge >= 0.3 is 0 Å². The summed E-state index contributed by atoms with van der Waals surface area (Å²) in [5.41, 5.74) is 3.26. The van der Waals surface area contributed by atoms with E-state index in [-0.39, 0.29) is 0 Å². The maximum atomic E-state index is 5.28. The highest BCUT2D eigenvalue weighted by Gasteiger charge is 2.20. The Balaban J connectivity index is 1.78. The van der Waals surface area contributed by atoms with Gasteiger partial charge in [0.2, 0.25) is 0 Å². The lowest BCUT2D eigenvalue weighted by Crippen LogP contribution is -2.29. The van der Waals surface area contributed by atoms with E-state index in [0.717, 1.165) is 40.8 Å². The Hall–Kier alpha value is -2.40. The molecule has 1 aliphatic heterocycles. The fraction of sp³-hybridized carbons (Fsp3) is 0.300. The zero-order chi connectivity index (χ0) is 17.1. The maximum absolute atomic E-state index is 5.28. The summed E-state index contributed by atoms with van der Waals surface area (Å²) in [4.78, 5) is 12.9. The summed E-state index contributed by atoms with van der Waals surface area (Å²) < 4.78 is 5.28. The molecule has 128 valence electrons. The average Bonchev–Trinajstić information content (AvgIpc) is 3.15. The van der Waals surface area contributed by atoms with Crippen molar-refractivity contribution < 1.29 is 4.74 Å². The molecule has 1 saturated heterocycles. The van der Waals surface area contributed by atoms with Crippen LogP contribution in [0.3, 0.4) is 0 Å². The molecule has 1 aliphatic rings. The third kappa shape index (κ3) is 3.37. The molecule has 0 unspecified atom stereocenters. The first-order chi connectivity index (χ1) is 12.3. The summed E-state index contributed by atoms with van der Waals surface area (Å²) in [5.74, 6) is 0.859. The number of piperidine rings is 1. The van der Waals surface area contributed by atoms with Crippen LogP contribution < -0.4 is 9.64 Å². The van der Waals surface area contributed by atoms with Crippen LogP contribution in [-0.4, -0.2) is 30.2 Å². The molecule has 3 aromatic rings. The van der Waals surface area contributed by atoms with Gasteiger partial charge in [-0.25, -0.2) is 4.98 Å². The Labute approximate surface area is 152 Å². The summed E-state index contributed by atoms with van der Waals surface area (Å²) in [6.07, 6.45) is 7.55. The third-order valence-electron chi connectivity index (χ3n) is 4.53. The second-order valence-electron chi connectivity index (χ2n) is 6.19. The minimum atomic E-state index is 0.859. The number of pyridine rings is 1. The number of thiazole rings is 1. The molecule has 0 amide bonds. The van der Waals surface area contributed by atoms with Crippen LogP contribution in [0.25, 0.3) is 21.7 Å². The van der Waals surface area contributed by atoms with Gasteiger partial charge in [0.15, 0.2) is 5.13 Å². The SMILES string of the molecule is COc1ccc(-c2nc(N3CCCCC3)sc2-c2cccnc2)cc1. The number of ether oxygens (including phenoxy) is 1. The van der Waals surface area contributed by atoms with Gasteiger partial charge in [-0.3, -0.25) is 4.98 Å². The summed E-state index contributed by atoms with van der Waals surface area (Å²) in [7, 11) is 1.69. The van der Waals surface area contributed by atoms with Crippen molar-refractivity contribution in [3.63, 3.8) is 0 Å². The van der Waals surface area contributed by atoms with Crippen LogP contribution in [0.2, 0.25) is 0 Å². The van der Waals surface area contributed by atoms with Crippen LogP contribution in [0.4, 0.5) is 5.13 Å².